The van der Waals surface area contributed by atoms with Crippen LogP contribution in [0, 0.1) is 0 Å². The monoisotopic (exact) mass is 468 g/mol. The number of hydrogen-bond acceptors (Lipinski definition) is 6. The first-order valence-corrected chi connectivity index (χ1v) is 9.48. The highest BCUT2D eigenvalue weighted by atomic mass is 79.9. The minimum atomic E-state index is -0.414. The topological polar surface area (TPSA) is 113 Å². The van der Waals surface area contributed by atoms with Crippen molar-refractivity contribution in [3.63, 3.8) is 0 Å². The minimum absolute atomic E-state index is 0.0187. The number of methoxy groups -OCH3 is 1. The van der Waals surface area contributed by atoms with Crippen LogP contribution < -0.4 is 15.5 Å². The average Bonchev–Trinajstić information content (AvgIpc) is 2.77. The van der Waals surface area contributed by atoms with E-state index in [0.29, 0.717) is 26.9 Å². The third-order valence-electron chi connectivity index (χ3n) is 4.00. The molecule has 1 aromatic heterocycles. The Hall–Kier alpha value is -3.72. The molecule has 8 nitrogen and oxygen atoms in total. The van der Waals surface area contributed by atoms with E-state index in [-0.39, 0.29) is 17.4 Å². The highest BCUT2D eigenvalue weighted by Gasteiger charge is 2.09. The lowest BCUT2D eigenvalue weighted by Gasteiger charge is -2.07. The van der Waals surface area contributed by atoms with Crippen molar-refractivity contribution in [3.05, 3.63) is 82.1 Å². The van der Waals surface area contributed by atoms with Gasteiger partial charge in [-0.2, -0.15) is 5.10 Å². The van der Waals surface area contributed by atoms with Crippen LogP contribution in [0.3, 0.4) is 0 Å². The molecule has 0 radical (unpaired) electrons. The number of amides is 2. The third-order valence-corrected chi connectivity index (χ3v) is 4.60. The van der Waals surface area contributed by atoms with E-state index in [1.165, 1.54) is 25.7 Å². The Kier molecular flexibility index (Phi) is 6.76. The lowest BCUT2D eigenvalue weighted by atomic mass is 10.2. The number of aromatic hydroxyl groups is 1. The lowest BCUT2D eigenvalue weighted by Crippen LogP contribution is -2.18. The second kappa shape index (κ2) is 9.66. The number of ether oxygens (including phenoxy) is 1. The third kappa shape index (κ3) is 5.21. The van der Waals surface area contributed by atoms with Crippen molar-refractivity contribution in [2.75, 3.05) is 12.4 Å². The number of pyridine rings is 1. The summed E-state index contributed by atoms with van der Waals surface area (Å²) in [7, 11) is 1.44. The van der Waals surface area contributed by atoms with Gasteiger partial charge in [-0.1, -0.05) is 0 Å². The van der Waals surface area contributed by atoms with Crippen LogP contribution in [0.5, 0.6) is 11.5 Å². The fraction of sp³-hybridized carbons (Fsp3) is 0.0476. The highest BCUT2D eigenvalue weighted by molar-refractivity contribution is 9.10. The van der Waals surface area contributed by atoms with Crippen LogP contribution in [-0.2, 0) is 0 Å². The van der Waals surface area contributed by atoms with Gasteiger partial charge in [0.05, 0.1) is 17.8 Å². The molecule has 0 atom stereocenters. The van der Waals surface area contributed by atoms with Crippen LogP contribution in [-0.4, -0.2) is 35.2 Å². The molecule has 0 aliphatic heterocycles. The van der Waals surface area contributed by atoms with Gasteiger partial charge in [0.15, 0.2) is 11.5 Å². The molecular weight excluding hydrogens is 452 g/mol. The molecule has 0 aliphatic rings. The number of rotatable bonds is 6. The van der Waals surface area contributed by atoms with E-state index in [0.717, 1.165) is 0 Å². The van der Waals surface area contributed by atoms with Crippen molar-refractivity contribution in [2.45, 2.75) is 0 Å². The number of hydrazone groups is 1. The molecule has 152 valence electrons. The number of halogens is 1. The molecule has 3 rings (SSSR count). The zero-order valence-electron chi connectivity index (χ0n) is 15.8. The van der Waals surface area contributed by atoms with Crippen LogP contribution in [0.4, 0.5) is 5.69 Å². The smallest absolute Gasteiger partial charge is 0.271 e. The van der Waals surface area contributed by atoms with Crippen molar-refractivity contribution in [1.29, 1.82) is 0 Å². The molecule has 0 saturated heterocycles. The Morgan fingerprint density at radius 2 is 1.73 bits per heavy atom. The first-order chi connectivity index (χ1) is 14.5. The van der Waals surface area contributed by atoms with Gasteiger partial charge in [0.2, 0.25) is 0 Å². The number of carbonyl (C=O) groups excluding carboxylic acids is 2. The van der Waals surface area contributed by atoms with Gasteiger partial charge in [-0.15, -0.1) is 0 Å². The lowest BCUT2D eigenvalue weighted by molar-refractivity contribution is 0.0954. The number of aromatic nitrogens is 1. The number of phenolic OH excluding ortho intramolecular Hbond substituents is 1. The van der Waals surface area contributed by atoms with E-state index in [4.69, 9.17) is 4.74 Å². The predicted molar refractivity (Wildman–Crippen MR) is 116 cm³/mol. The van der Waals surface area contributed by atoms with Crippen LogP contribution in [0.2, 0.25) is 0 Å². The Morgan fingerprint density at radius 1 is 1.07 bits per heavy atom. The number of phenols is 1. The zero-order valence-corrected chi connectivity index (χ0v) is 17.4. The summed E-state index contributed by atoms with van der Waals surface area (Å²) in [5.41, 5.74) is 4.45. The van der Waals surface area contributed by atoms with Crippen LogP contribution >= 0.6 is 15.9 Å². The van der Waals surface area contributed by atoms with Crippen molar-refractivity contribution in [1.82, 2.24) is 10.4 Å². The van der Waals surface area contributed by atoms with Crippen molar-refractivity contribution >= 4 is 39.6 Å². The van der Waals surface area contributed by atoms with E-state index in [9.17, 15) is 14.7 Å². The Bertz CT molecular complexity index is 1090. The Morgan fingerprint density at radius 3 is 2.40 bits per heavy atom. The summed E-state index contributed by atoms with van der Waals surface area (Å²) in [6.07, 6.45) is 4.50. The number of anilines is 1. The normalized spacial score (nSPS) is 10.6. The minimum Gasteiger partial charge on any atom is -0.503 e. The van der Waals surface area contributed by atoms with E-state index in [2.05, 4.69) is 36.8 Å². The maximum absolute atomic E-state index is 12.2. The molecule has 2 amide bonds. The summed E-state index contributed by atoms with van der Waals surface area (Å²) in [5.74, 6) is -0.422. The van der Waals surface area contributed by atoms with Gasteiger partial charge in [0, 0.05) is 29.2 Å². The van der Waals surface area contributed by atoms with Crippen molar-refractivity contribution in [2.24, 2.45) is 5.10 Å². The summed E-state index contributed by atoms with van der Waals surface area (Å²) in [5, 5.41) is 16.5. The second-order valence-corrected chi connectivity index (χ2v) is 6.87. The van der Waals surface area contributed by atoms with Crippen molar-refractivity contribution < 1.29 is 19.4 Å². The van der Waals surface area contributed by atoms with E-state index in [1.54, 1.807) is 48.5 Å². The molecule has 0 saturated carbocycles. The summed E-state index contributed by atoms with van der Waals surface area (Å²) < 4.78 is 5.51. The van der Waals surface area contributed by atoms with Gasteiger partial charge in [-0.3, -0.25) is 14.6 Å². The first-order valence-electron chi connectivity index (χ1n) is 8.69. The quantitative estimate of drug-likeness (QED) is 0.378. The first kappa shape index (κ1) is 21.0. The highest BCUT2D eigenvalue weighted by Crippen LogP contribution is 2.34. The molecule has 1 heterocycles. The average molecular weight is 469 g/mol. The van der Waals surface area contributed by atoms with E-state index in [1.807, 2.05) is 0 Å². The number of benzene rings is 2. The molecule has 3 N–H and O–H groups in total. The van der Waals surface area contributed by atoms with Gasteiger partial charge >= 0.3 is 0 Å². The van der Waals surface area contributed by atoms with Crippen LogP contribution in [0.1, 0.15) is 26.3 Å². The Balaban J connectivity index is 1.60. The molecule has 0 fully saturated rings. The number of hydrogen-bond donors (Lipinski definition) is 3. The second-order valence-electron chi connectivity index (χ2n) is 6.02. The fourth-order valence-electron chi connectivity index (χ4n) is 2.47. The summed E-state index contributed by atoms with van der Waals surface area (Å²) in [6, 6.07) is 12.8. The van der Waals surface area contributed by atoms with E-state index < -0.39 is 5.91 Å². The number of nitrogens with one attached hydrogen (secondary N) is 2. The molecule has 2 aromatic carbocycles. The summed E-state index contributed by atoms with van der Waals surface area (Å²) >= 11 is 3.22. The van der Waals surface area contributed by atoms with Gasteiger partial charge in [-0.05, 0) is 70.0 Å². The van der Waals surface area contributed by atoms with Gasteiger partial charge in [-0.25, -0.2) is 5.43 Å². The largest absolute Gasteiger partial charge is 0.503 e. The molecule has 0 aliphatic carbocycles. The SMILES string of the molecule is COc1cc(/C=N/NC(=O)c2ccc(NC(=O)c3ccncc3)cc2)cc(Br)c1O. The molecule has 3 aromatic rings. The molecular formula is C21H17BrN4O4. The maximum atomic E-state index is 12.2. The zero-order chi connectivity index (χ0) is 21.5. The standard InChI is InChI=1S/C21H17BrN4O4/c1-30-18-11-13(10-17(22)19(18)27)12-24-26-21(29)14-2-4-16(5-3-14)25-20(28)15-6-8-23-9-7-15/h2-12,27H,1H3,(H,25,28)(H,26,29)/b24-12+. The summed E-state index contributed by atoms with van der Waals surface area (Å²) in [4.78, 5) is 28.2. The molecule has 0 spiro atoms. The van der Waals surface area contributed by atoms with E-state index >= 15 is 0 Å². The van der Waals surface area contributed by atoms with Crippen LogP contribution in [0.25, 0.3) is 0 Å². The van der Waals surface area contributed by atoms with Gasteiger partial charge < -0.3 is 15.2 Å². The van der Waals surface area contributed by atoms with Gasteiger partial charge in [0.1, 0.15) is 0 Å². The number of carbonyl (C=O) groups is 2. The molecule has 0 bridgehead atoms. The molecule has 9 heteroatoms. The fourth-order valence-corrected chi connectivity index (χ4v) is 2.93. The van der Waals surface area contributed by atoms with Crippen LogP contribution in [0.15, 0.2) is 70.5 Å². The molecule has 30 heavy (non-hydrogen) atoms. The number of nitrogens with zero attached hydrogens (tertiary/aromatic N) is 2. The summed E-state index contributed by atoms with van der Waals surface area (Å²) in [6.45, 7) is 0. The predicted octanol–water partition coefficient (Wildman–Crippen LogP) is 3.57. The van der Waals surface area contributed by atoms with Gasteiger partial charge in [0.25, 0.3) is 11.8 Å². The maximum Gasteiger partial charge on any atom is 0.271 e. The Labute approximate surface area is 180 Å². The van der Waals surface area contributed by atoms with Crippen molar-refractivity contribution in [3.8, 4) is 11.5 Å². The molecule has 0 unspecified atom stereocenters.